The Morgan fingerprint density at radius 2 is 2.00 bits per heavy atom. The molecule has 0 fully saturated rings. The molecule has 4 heteroatoms. The van der Waals surface area contributed by atoms with Crippen LogP contribution in [0.25, 0.3) is 5.69 Å². The second-order valence-electron chi connectivity index (χ2n) is 3.51. The van der Waals surface area contributed by atoms with Gasteiger partial charge < -0.3 is 9.47 Å². The van der Waals surface area contributed by atoms with Crippen LogP contribution in [0.15, 0.2) is 36.7 Å². The third-order valence-corrected chi connectivity index (χ3v) is 2.20. The van der Waals surface area contributed by atoms with Gasteiger partial charge in [0.1, 0.15) is 0 Å². The van der Waals surface area contributed by atoms with Crippen LogP contribution in [-0.4, -0.2) is 23.7 Å². The fraction of sp³-hybridized carbons (Fsp3) is 0.250. The Balaban J connectivity index is 2.15. The number of benzene rings is 1. The maximum Gasteiger partial charge on any atom is 0.188 e. The lowest BCUT2D eigenvalue weighted by molar-refractivity contribution is 0.0511. The average molecular weight is 218 g/mol. The predicted octanol–water partition coefficient (Wildman–Crippen LogP) is 2.16. The largest absolute Gasteiger partial charge is 0.464 e. The molecule has 0 bridgehead atoms. The van der Waals surface area contributed by atoms with Gasteiger partial charge in [-0.1, -0.05) is 17.7 Å². The number of hydrogen-bond donors (Lipinski definition) is 0. The molecule has 0 unspecified atom stereocenters. The summed E-state index contributed by atoms with van der Waals surface area (Å²) in [7, 11) is 1.59. The van der Waals surface area contributed by atoms with Gasteiger partial charge in [-0.15, -0.1) is 0 Å². The van der Waals surface area contributed by atoms with Crippen molar-refractivity contribution in [3.63, 3.8) is 0 Å². The molecule has 0 aliphatic rings. The van der Waals surface area contributed by atoms with Crippen molar-refractivity contribution < 1.29 is 9.47 Å². The SMILES string of the molecule is COCOc1cnn(-c2ccc(C)cc2)c1. The first-order valence-electron chi connectivity index (χ1n) is 5.03. The molecule has 4 nitrogen and oxygen atoms in total. The minimum atomic E-state index is 0.236. The first-order valence-corrected chi connectivity index (χ1v) is 5.03. The van der Waals surface area contributed by atoms with E-state index in [9.17, 15) is 0 Å². The van der Waals surface area contributed by atoms with E-state index in [4.69, 9.17) is 9.47 Å². The molecule has 0 amide bonds. The molecule has 0 atom stereocenters. The molecular formula is C12H14N2O2. The Kier molecular flexibility index (Phi) is 3.22. The first-order chi connectivity index (χ1) is 7.79. The number of methoxy groups -OCH3 is 1. The molecule has 1 aromatic carbocycles. The molecule has 0 aliphatic heterocycles. The number of aryl methyl sites for hydroxylation is 1. The lowest BCUT2D eigenvalue weighted by Crippen LogP contribution is -1.97. The van der Waals surface area contributed by atoms with Crippen LogP contribution in [0.1, 0.15) is 5.56 Å². The zero-order valence-corrected chi connectivity index (χ0v) is 9.38. The van der Waals surface area contributed by atoms with Gasteiger partial charge in [-0.2, -0.15) is 5.10 Å². The van der Waals surface area contributed by atoms with Crippen LogP contribution in [0, 0.1) is 6.92 Å². The lowest BCUT2D eigenvalue weighted by atomic mass is 10.2. The van der Waals surface area contributed by atoms with Crippen molar-refractivity contribution in [3.8, 4) is 11.4 Å². The zero-order chi connectivity index (χ0) is 11.4. The summed E-state index contributed by atoms with van der Waals surface area (Å²) in [6.45, 7) is 2.29. The smallest absolute Gasteiger partial charge is 0.188 e. The summed E-state index contributed by atoms with van der Waals surface area (Å²) in [6.07, 6.45) is 3.49. The van der Waals surface area contributed by atoms with E-state index in [1.54, 1.807) is 18.0 Å². The highest BCUT2D eigenvalue weighted by Crippen LogP contribution is 2.14. The topological polar surface area (TPSA) is 36.3 Å². The highest BCUT2D eigenvalue weighted by Gasteiger charge is 2.00. The van der Waals surface area contributed by atoms with E-state index in [2.05, 4.69) is 12.0 Å². The number of ether oxygens (including phenoxy) is 2. The van der Waals surface area contributed by atoms with Gasteiger partial charge in [0.2, 0.25) is 0 Å². The molecule has 0 spiro atoms. The molecule has 2 rings (SSSR count). The minimum Gasteiger partial charge on any atom is -0.464 e. The summed E-state index contributed by atoms with van der Waals surface area (Å²) in [5, 5.41) is 4.21. The van der Waals surface area contributed by atoms with Crippen LogP contribution in [-0.2, 0) is 4.74 Å². The Bertz CT molecular complexity index is 448. The molecule has 2 aromatic rings. The van der Waals surface area contributed by atoms with Crippen molar-refractivity contribution in [2.45, 2.75) is 6.92 Å². The highest BCUT2D eigenvalue weighted by atomic mass is 16.7. The maximum absolute atomic E-state index is 5.28. The standard InChI is InChI=1S/C12H14N2O2/c1-10-3-5-11(6-4-10)14-8-12(7-13-14)16-9-15-2/h3-8H,9H2,1-2H3. The van der Waals surface area contributed by atoms with Gasteiger partial charge in [0, 0.05) is 7.11 Å². The third kappa shape index (κ3) is 2.41. The van der Waals surface area contributed by atoms with Crippen molar-refractivity contribution >= 4 is 0 Å². The van der Waals surface area contributed by atoms with E-state index >= 15 is 0 Å². The Morgan fingerprint density at radius 1 is 1.25 bits per heavy atom. The third-order valence-electron chi connectivity index (χ3n) is 2.20. The van der Waals surface area contributed by atoms with E-state index in [0.29, 0.717) is 5.75 Å². The molecular weight excluding hydrogens is 204 g/mol. The molecule has 1 heterocycles. The highest BCUT2D eigenvalue weighted by molar-refractivity contribution is 5.34. The van der Waals surface area contributed by atoms with Gasteiger partial charge in [0.05, 0.1) is 18.1 Å². The van der Waals surface area contributed by atoms with E-state index in [1.807, 2.05) is 30.5 Å². The molecule has 0 saturated heterocycles. The summed E-state index contributed by atoms with van der Waals surface area (Å²) in [6, 6.07) is 8.13. The van der Waals surface area contributed by atoms with Gasteiger partial charge >= 0.3 is 0 Å². The van der Waals surface area contributed by atoms with Crippen LogP contribution in [0.2, 0.25) is 0 Å². The molecule has 0 N–H and O–H groups in total. The number of aromatic nitrogens is 2. The minimum absolute atomic E-state index is 0.236. The molecule has 0 saturated carbocycles. The molecule has 0 aliphatic carbocycles. The van der Waals surface area contributed by atoms with Crippen LogP contribution in [0.4, 0.5) is 0 Å². The first kappa shape index (κ1) is 10.7. The van der Waals surface area contributed by atoms with Crippen molar-refractivity contribution in [3.05, 3.63) is 42.2 Å². The number of hydrogen-bond acceptors (Lipinski definition) is 3. The zero-order valence-electron chi connectivity index (χ0n) is 9.38. The van der Waals surface area contributed by atoms with Crippen molar-refractivity contribution in [1.82, 2.24) is 9.78 Å². The molecule has 1 aromatic heterocycles. The summed E-state index contributed by atoms with van der Waals surface area (Å²) in [5.74, 6) is 0.697. The van der Waals surface area contributed by atoms with E-state index in [1.165, 1.54) is 5.56 Å². The summed E-state index contributed by atoms with van der Waals surface area (Å²) < 4.78 is 11.9. The lowest BCUT2D eigenvalue weighted by Gasteiger charge is -2.01. The normalized spacial score (nSPS) is 10.4. The summed E-state index contributed by atoms with van der Waals surface area (Å²) in [4.78, 5) is 0. The van der Waals surface area contributed by atoms with Gasteiger partial charge in [0.15, 0.2) is 12.5 Å². The van der Waals surface area contributed by atoms with Crippen molar-refractivity contribution in [2.24, 2.45) is 0 Å². The molecule has 0 radical (unpaired) electrons. The van der Waals surface area contributed by atoms with Crippen LogP contribution < -0.4 is 4.74 Å². The Hall–Kier alpha value is -1.81. The van der Waals surface area contributed by atoms with Gasteiger partial charge in [-0.25, -0.2) is 4.68 Å². The number of rotatable bonds is 4. The van der Waals surface area contributed by atoms with Gasteiger partial charge in [0.25, 0.3) is 0 Å². The molecule has 84 valence electrons. The van der Waals surface area contributed by atoms with E-state index < -0.39 is 0 Å². The Labute approximate surface area is 94.4 Å². The summed E-state index contributed by atoms with van der Waals surface area (Å²) in [5.41, 5.74) is 2.24. The second-order valence-corrected chi connectivity index (χ2v) is 3.51. The monoisotopic (exact) mass is 218 g/mol. The van der Waals surface area contributed by atoms with Crippen molar-refractivity contribution in [1.29, 1.82) is 0 Å². The van der Waals surface area contributed by atoms with E-state index in [0.717, 1.165) is 5.69 Å². The fourth-order valence-corrected chi connectivity index (χ4v) is 1.35. The fourth-order valence-electron chi connectivity index (χ4n) is 1.35. The Morgan fingerprint density at radius 3 is 2.69 bits per heavy atom. The van der Waals surface area contributed by atoms with Crippen molar-refractivity contribution in [2.75, 3.05) is 13.9 Å². The van der Waals surface area contributed by atoms with E-state index in [-0.39, 0.29) is 6.79 Å². The van der Waals surface area contributed by atoms with Crippen LogP contribution in [0.5, 0.6) is 5.75 Å². The quantitative estimate of drug-likeness (QED) is 0.738. The summed E-state index contributed by atoms with van der Waals surface area (Å²) >= 11 is 0. The number of nitrogens with zero attached hydrogens (tertiary/aromatic N) is 2. The van der Waals surface area contributed by atoms with Gasteiger partial charge in [-0.3, -0.25) is 0 Å². The van der Waals surface area contributed by atoms with Crippen LogP contribution in [0.3, 0.4) is 0 Å². The molecule has 16 heavy (non-hydrogen) atoms. The predicted molar refractivity (Wildman–Crippen MR) is 60.8 cm³/mol. The average Bonchev–Trinajstić information content (AvgIpc) is 2.76. The van der Waals surface area contributed by atoms with Gasteiger partial charge in [-0.05, 0) is 19.1 Å². The second kappa shape index (κ2) is 4.81. The van der Waals surface area contributed by atoms with Crippen LogP contribution >= 0.6 is 0 Å². The maximum atomic E-state index is 5.28.